The van der Waals surface area contributed by atoms with Crippen LogP contribution in [0.25, 0.3) is 0 Å². The van der Waals surface area contributed by atoms with Gasteiger partial charge in [0, 0.05) is 11.3 Å². The van der Waals surface area contributed by atoms with Gasteiger partial charge in [-0.2, -0.15) is 0 Å². The van der Waals surface area contributed by atoms with Crippen molar-refractivity contribution in [2.24, 2.45) is 50.2 Å². The number of carbonyl (C=O) groups is 3. The number of hydrogen-bond acceptors (Lipinski definition) is 28. The smallest absolute Gasteiger partial charge is 0.318 e. The highest BCUT2D eigenvalue weighted by Gasteiger charge is 2.70. The fourth-order valence-corrected chi connectivity index (χ4v) is 17.7. The SMILES string of the molecule is C[C@@H]1O[C@@H](O[C@H]2[C@H](OC(=O)[C@@]34C=C[C@]5(C)C(=CC[C@@H]6[C@@]7(C)C[C@H](O)[C@H](O[C@@H]8O[C@H](CO)[C@@H](O)[C@H](O)[C@H]8O[C@@H]8OC[C@H](OC(=O)C[C@@](C)(O)CC(=O)O)[C@H](O)[C@H]8O)C(C)(C)C7CC[C@]65C)[C@H]3CC(C)(C)CC4)OC[C@H](O)[C@@H]2O[C@H]2OC[C@@H](O)[C@H](O)[C@H]2O)[C@H](O)[C@H](O)[C@H]1O. The highest BCUT2D eigenvalue weighted by atomic mass is 16.8. The van der Waals surface area contributed by atoms with E-state index >= 15 is 4.79 Å². The lowest BCUT2D eigenvalue weighted by molar-refractivity contribution is -0.375. The third-order valence-electron chi connectivity index (χ3n) is 23.0. The second kappa shape index (κ2) is 26.3. The number of allylic oxidation sites excluding steroid dienone is 3. The van der Waals surface area contributed by atoms with Crippen LogP contribution >= 0.6 is 0 Å². The molecule has 0 spiro atoms. The molecule has 1 unspecified atom stereocenters. The van der Waals surface area contributed by atoms with Crippen LogP contribution < -0.4 is 0 Å². The topological polar surface area (TPSA) is 456 Å². The van der Waals surface area contributed by atoms with Gasteiger partial charge in [0.1, 0.15) is 85.5 Å². The van der Waals surface area contributed by atoms with Crippen molar-refractivity contribution in [3.05, 3.63) is 23.8 Å². The molecule has 10 rings (SSSR count). The molecule has 5 heterocycles. The van der Waals surface area contributed by atoms with E-state index in [-0.39, 0.29) is 23.7 Å². The van der Waals surface area contributed by atoms with Gasteiger partial charge in [-0.1, -0.05) is 72.3 Å². The first kappa shape index (κ1) is 71.7. The second-order valence-corrected chi connectivity index (χ2v) is 30.2. The van der Waals surface area contributed by atoms with E-state index in [0.29, 0.717) is 38.5 Å². The number of aliphatic carboxylic acids is 1. The molecule has 0 aromatic carbocycles. The summed E-state index contributed by atoms with van der Waals surface area (Å²) in [5.74, 6) is -3.83. The maximum Gasteiger partial charge on any atom is 0.318 e. The van der Waals surface area contributed by atoms with Crippen LogP contribution in [0.4, 0.5) is 0 Å². The van der Waals surface area contributed by atoms with E-state index in [1.807, 2.05) is 19.9 Å². The molecule has 5 aliphatic heterocycles. The minimum absolute atomic E-state index is 0.0826. The summed E-state index contributed by atoms with van der Waals surface area (Å²) in [5.41, 5.74) is -5.16. The molecule has 5 saturated heterocycles. The van der Waals surface area contributed by atoms with Crippen LogP contribution in [0.15, 0.2) is 23.8 Å². The van der Waals surface area contributed by atoms with Crippen molar-refractivity contribution in [1.29, 1.82) is 0 Å². The van der Waals surface area contributed by atoms with E-state index in [4.69, 9.17) is 57.2 Å². The van der Waals surface area contributed by atoms with Gasteiger partial charge in [0.2, 0.25) is 6.29 Å². The molecule has 10 aliphatic rings. The summed E-state index contributed by atoms with van der Waals surface area (Å²) in [4.78, 5) is 39.5. The lowest BCUT2D eigenvalue weighted by Crippen LogP contribution is -2.68. The normalized spacial score (nSPS) is 50.5. The summed E-state index contributed by atoms with van der Waals surface area (Å²) < 4.78 is 66.0. The monoisotopic (exact) mass is 1320 g/mol. The predicted octanol–water partition coefficient (Wildman–Crippen LogP) is -2.35. The van der Waals surface area contributed by atoms with Gasteiger partial charge < -0.3 is 129 Å². The highest BCUT2D eigenvalue weighted by Crippen LogP contribution is 2.75. The molecule has 0 amide bonds. The van der Waals surface area contributed by atoms with Crippen LogP contribution in [0.5, 0.6) is 0 Å². The minimum Gasteiger partial charge on any atom is -0.481 e. The molecule has 0 radical (unpaired) electrons. The van der Waals surface area contributed by atoms with E-state index in [0.717, 1.165) is 12.5 Å². The van der Waals surface area contributed by atoms with Gasteiger partial charge in [-0.3, -0.25) is 14.4 Å². The molecule has 92 heavy (non-hydrogen) atoms. The zero-order valence-electron chi connectivity index (χ0n) is 53.4. The van der Waals surface area contributed by atoms with Crippen molar-refractivity contribution in [3.8, 4) is 0 Å². The first-order valence-electron chi connectivity index (χ1n) is 32.2. The largest absolute Gasteiger partial charge is 0.481 e. The van der Waals surface area contributed by atoms with Crippen molar-refractivity contribution in [2.45, 2.75) is 273 Å². The van der Waals surface area contributed by atoms with Crippen molar-refractivity contribution in [3.63, 3.8) is 0 Å². The molecule has 524 valence electrons. The zero-order valence-corrected chi connectivity index (χ0v) is 53.4. The summed E-state index contributed by atoms with van der Waals surface area (Å²) in [6.07, 6.45) is -30.5. The molecule has 29 nitrogen and oxygen atoms in total. The van der Waals surface area contributed by atoms with Gasteiger partial charge in [-0.25, -0.2) is 0 Å². The van der Waals surface area contributed by atoms with Crippen LogP contribution in [-0.2, 0) is 66.5 Å². The quantitative estimate of drug-likeness (QED) is 0.0437. The highest BCUT2D eigenvalue weighted by molar-refractivity contribution is 5.81. The van der Waals surface area contributed by atoms with Crippen molar-refractivity contribution < 1.29 is 143 Å². The van der Waals surface area contributed by atoms with Crippen LogP contribution in [0.1, 0.15) is 120 Å². The Labute approximate surface area is 533 Å². The van der Waals surface area contributed by atoms with Crippen molar-refractivity contribution in [2.75, 3.05) is 26.4 Å². The van der Waals surface area contributed by atoms with Crippen LogP contribution in [-0.4, -0.2) is 274 Å². The van der Waals surface area contributed by atoms with Crippen LogP contribution in [0.3, 0.4) is 0 Å². The number of rotatable bonds is 16. The van der Waals surface area contributed by atoms with E-state index in [2.05, 4.69) is 46.8 Å². The number of ether oxygens (including phenoxy) is 11. The molecule has 0 aromatic rings. The van der Waals surface area contributed by atoms with Gasteiger partial charge in [-0.05, 0) is 92.3 Å². The maximum absolute atomic E-state index is 15.6. The number of aliphatic hydroxyl groups excluding tert-OH is 13. The summed E-state index contributed by atoms with van der Waals surface area (Å²) in [6, 6.07) is 0. The van der Waals surface area contributed by atoms with E-state index < -0.39 is 243 Å². The Morgan fingerprint density at radius 3 is 1.89 bits per heavy atom. The summed E-state index contributed by atoms with van der Waals surface area (Å²) in [5, 5.41) is 163. The molecule has 32 atom stereocenters. The fraction of sp³-hybridized carbons (Fsp3) is 0.889. The third-order valence-corrected chi connectivity index (χ3v) is 23.0. The number of fused-ring (bicyclic) bond motifs is 7. The minimum atomic E-state index is -1.99. The Morgan fingerprint density at radius 1 is 0.598 bits per heavy atom. The van der Waals surface area contributed by atoms with Gasteiger partial charge in [0.05, 0.1) is 68.6 Å². The zero-order chi connectivity index (χ0) is 67.5. The Morgan fingerprint density at radius 2 is 1.22 bits per heavy atom. The van der Waals surface area contributed by atoms with Crippen LogP contribution in [0, 0.1) is 50.2 Å². The number of carboxylic acids is 1. The molecule has 15 N–H and O–H groups in total. The van der Waals surface area contributed by atoms with Gasteiger partial charge in [0.25, 0.3) is 0 Å². The lowest BCUT2D eigenvalue weighted by atomic mass is 9.34. The van der Waals surface area contributed by atoms with Gasteiger partial charge in [-0.15, -0.1) is 0 Å². The average Bonchev–Trinajstić information content (AvgIpc) is 0.675. The second-order valence-electron chi connectivity index (χ2n) is 30.2. The predicted molar refractivity (Wildman–Crippen MR) is 309 cm³/mol. The van der Waals surface area contributed by atoms with Crippen molar-refractivity contribution >= 4 is 17.9 Å². The molecule has 5 aliphatic carbocycles. The molecule has 3 saturated carbocycles. The molecule has 0 aromatic heterocycles. The van der Waals surface area contributed by atoms with Crippen LogP contribution in [0.2, 0.25) is 0 Å². The molecule has 29 heteroatoms. The van der Waals surface area contributed by atoms with E-state index in [9.17, 15) is 81.1 Å². The molecular formula is C63H98O29. The van der Waals surface area contributed by atoms with Crippen molar-refractivity contribution in [1.82, 2.24) is 0 Å². The molecule has 8 fully saturated rings. The number of aliphatic hydroxyl groups is 14. The number of hydrogen-bond donors (Lipinski definition) is 15. The average molecular weight is 1320 g/mol. The number of carboxylic acid groups (broad SMARTS) is 1. The summed E-state index contributed by atoms with van der Waals surface area (Å²) in [6.45, 7) is 15.1. The van der Waals surface area contributed by atoms with E-state index in [1.54, 1.807) is 0 Å². The summed E-state index contributed by atoms with van der Waals surface area (Å²) in [7, 11) is 0. The van der Waals surface area contributed by atoms with Gasteiger partial charge >= 0.3 is 17.9 Å². The molecular weight excluding hydrogens is 1220 g/mol. The maximum atomic E-state index is 15.6. The Hall–Kier alpha value is -3.03. The number of esters is 2. The first-order chi connectivity index (χ1) is 42.8. The molecule has 0 bridgehead atoms. The fourth-order valence-electron chi connectivity index (χ4n) is 17.7. The van der Waals surface area contributed by atoms with Gasteiger partial charge in [0.15, 0.2) is 37.4 Å². The Bertz CT molecular complexity index is 2710. The standard InChI is InChI=1S/C63H98O29/c1-26-38(71)42(75)46(79)53(85-26)90-49-47(88-51-44(77)39(72)30(66)23-82-51)31(67)24-83-54(49)92-56(80)63-16-14-57(2,3)18-28(63)27-10-11-35-60(7)19-29(65)50(58(4,5)34(60)12-13-62(35,9)61(27,8)15-17-63)91-55-48(43(76)40(73)32(22-64)87-55)89-52-45(78)41(74)33(25-84-52)86-37(70)21-59(6,81)20-36(68)69/h10,15,17,26,28-35,38-55,64-67,71-79,81H,11-14,16,18-25H2,1-9H3,(H,68,69)/t26-,28+,29-,30+,31-,32+,33-,34?,35+,38-,39-,40+,41-,42+,43-,44+,45+,46+,47-,48+,49+,50-,51+,52-,53-,54-,55-,59-,60-,61+,62+,63-/m0/s1. The Kier molecular flexibility index (Phi) is 20.5. The Balaban J connectivity index is 0.884. The third kappa shape index (κ3) is 12.8. The first-order valence-corrected chi connectivity index (χ1v) is 32.2. The number of carbonyl (C=O) groups excluding carboxylic acids is 2. The summed E-state index contributed by atoms with van der Waals surface area (Å²) >= 11 is 0. The van der Waals surface area contributed by atoms with E-state index in [1.165, 1.54) is 6.92 Å². The lowest BCUT2D eigenvalue weighted by Gasteiger charge is -2.70.